The van der Waals surface area contributed by atoms with Gasteiger partial charge in [-0.25, -0.2) is 4.79 Å². The Morgan fingerprint density at radius 2 is 1.58 bits per heavy atom. The Balaban J connectivity index is 1.80. The van der Waals surface area contributed by atoms with Crippen LogP contribution in [-0.4, -0.2) is 29.2 Å². The van der Waals surface area contributed by atoms with Gasteiger partial charge in [-0.1, -0.05) is 54.1 Å². The first-order valence-electron chi connectivity index (χ1n) is 10.2. The van der Waals surface area contributed by atoms with E-state index in [0.29, 0.717) is 34.8 Å². The van der Waals surface area contributed by atoms with Gasteiger partial charge in [0.15, 0.2) is 23.1 Å². The summed E-state index contributed by atoms with van der Waals surface area (Å²) in [5, 5.41) is 9.30. The van der Waals surface area contributed by atoms with Crippen LogP contribution >= 0.6 is 11.6 Å². The van der Waals surface area contributed by atoms with E-state index in [1.165, 1.54) is 24.3 Å². The van der Waals surface area contributed by atoms with Gasteiger partial charge < -0.3 is 14.6 Å². The molecule has 0 saturated carbocycles. The van der Waals surface area contributed by atoms with Gasteiger partial charge in [0.2, 0.25) is 0 Å². The van der Waals surface area contributed by atoms with Gasteiger partial charge in [0.1, 0.15) is 6.10 Å². The number of carbonyl (C=O) groups excluding carboxylic acids is 2. The SMILES string of the molecule is CCOc1ccccc1OC(C=C1C(=O)c2ccccc2C1=O)c1ccc(C(=O)O)c(Cl)c1. The molecular weight excluding hydrogens is 444 g/mol. The van der Waals surface area contributed by atoms with Crippen molar-refractivity contribution in [1.29, 1.82) is 0 Å². The minimum atomic E-state index is -1.17. The third kappa shape index (κ3) is 4.38. The summed E-state index contributed by atoms with van der Waals surface area (Å²) in [7, 11) is 0. The lowest BCUT2D eigenvalue weighted by molar-refractivity contribution is 0.0696. The third-order valence-corrected chi connectivity index (χ3v) is 5.49. The normalized spacial score (nSPS) is 13.5. The maximum atomic E-state index is 12.9. The molecule has 1 unspecified atom stereocenters. The van der Waals surface area contributed by atoms with Gasteiger partial charge in [-0.15, -0.1) is 0 Å². The molecule has 1 aliphatic rings. The summed E-state index contributed by atoms with van der Waals surface area (Å²) in [6, 6.07) is 18.0. The van der Waals surface area contributed by atoms with Crippen molar-refractivity contribution < 1.29 is 29.0 Å². The zero-order valence-corrected chi connectivity index (χ0v) is 18.3. The number of benzene rings is 3. The number of hydrogen-bond donors (Lipinski definition) is 1. The van der Waals surface area contributed by atoms with Crippen LogP contribution in [-0.2, 0) is 0 Å². The van der Waals surface area contributed by atoms with E-state index in [1.54, 1.807) is 48.5 Å². The Bertz CT molecular complexity index is 1260. The number of ether oxygens (including phenoxy) is 2. The number of carboxylic acids is 1. The van der Waals surface area contributed by atoms with Gasteiger partial charge in [0.25, 0.3) is 0 Å². The van der Waals surface area contributed by atoms with Crippen LogP contribution in [0.2, 0.25) is 5.02 Å². The summed E-state index contributed by atoms with van der Waals surface area (Å²) in [5.41, 5.74) is 1.05. The zero-order chi connectivity index (χ0) is 23.5. The second-order valence-electron chi connectivity index (χ2n) is 7.25. The van der Waals surface area contributed by atoms with Crippen LogP contribution in [0.1, 0.15) is 49.7 Å². The molecule has 1 atom stereocenters. The van der Waals surface area contributed by atoms with Crippen LogP contribution in [0.15, 0.2) is 78.4 Å². The van der Waals surface area contributed by atoms with Gasteiger partial charge in [-0.3, -0.25) is 9.59 Å². The van der Waals surface area contributed by atoms with E-state index in [1.807, 2.05) is 6.92 Å². The Labute approximate surface area is 195 Å². The van der Waals surface area contributed by atoms with Crippen LogP contribution < -0.4 is 9.47 Å². The van der Waals surface area contributed by atoms with Gasteiger partial charge in [0.05, 0.1) is 22.8 Å². The molecule has 0 radical (unpaired) electrons. The summed E-state index contributed by atoms with van der Waals surface area (Å²) >= 11 is 6.18. The predicted molar refractivity (Wildman–Crippen MR) is 123 cm³/mol. The van der Waals surface area contributed by atoms with Gasteiger partial charge in [0, 0.05) is 11.1 Å². The van der Waals surface area contributed by atoms with Crippen molar-refractivity contribution in [2.24, 2.45) is 0 Å². The van der Waals surface area contributed by atoms with Gasteiger partial charge in [-0.2, -0.15) is 0 Å². The topological polar surface area (TPSA) is 89.9 Å². The predicted octanol–water partition coefficient (Wildman–Crippen LogP) is 5.56. The molecule has 1 N–H and O–H groups in total. The molecular formula is C26H19ClO6. The van der Waals surface area contributed by atoms with Crippen molar-refractivity contribution >= 4 is 29.1 Å². The summed E-state index contributed by atoms with van der Waals surface area (Å²) < 4.78 is 11.8. The Hall–Kier alpha value is -3.90. The maximum absolute atomic E-state index is 12.9. The second kappa shape index (κ2) is 9.30. The number of Topliss-reactive ketones (excluding diaryl/α,β-unsaturated/α-hetero) is 2. The van der Waals surface area contributed by atoms with E-state index >= 15 is 0 Å². The van der Waals surface area contributed by atoms with E-state index in [4.69, 9.17) is 21.1 Å². The molecule has 6 nitrogen and oxygen atoms in total. The minimum absolute atomic E-state index is 0.0115. The van der Waals surface area contributed by atoms with Crippen molar-refractivity contribution in [3.8, 4) is 11.5 Å². The van der Waals surface area contributed by atoms with Crippen molar-refractivity contribution in [3.63, 3.8) is 0 Å². The number of allylic oxidation sites excluding steroid dienone is 1. The van der Waals surface area contributed by atoms with Gasteiger partial charge >= 0.3 is 5.97 Å². The molecule has 3 aromatic carbocycles. The van der Waals surface area contributed by atoms with Crippen molar-refractivity contribution in [1.82, 2.24) is 0 Å². The number of ketones is 2. The van der Waals surface area contributed by atoms with Crippen LogP contribution in [0.5, 0.6) is 11.5 Å². The first-order valence-corrected chi connectivity index (χ1v) is 10.6. The highest BCUT2D eigenvalue weighted by Crippen LogP contribution is 2.35. The monoisotopic (exact) mass is 462 g/mol. The van der Waals surface area contributed by atoms with E-state index < -0.39 is 23.6 Å². The number of rotatable bonds is 7. The molecule has 0 bridgehead atoms. The highest BCUT2D eigenvalue weighted by molar-refractivity contribution is 6.39. The number of fused-ring (bicyclic) bond motifs is 1. The molecule has 1 aliphatic carbocycles. The molecule has 33 heavy (non-hydrogen) atoms. The largest absolute Gasteiger partial charge is 0.490 e. The first kappa shape index (κ1) is 22.3. The number of halogens is 1. The molecule has 4 rings (SSSR count). The smallest absolute Gasteiger partial charge is 0.337 e. The van der Waals surface area contributed by atoms with Gasteiger partial charge in [-0.05, 0) is 42.8 Å². The molecule has 166 valence electrons. The van der Waals surface area contributed by atoms with Crippen molar-refractivity contribution in [2.45, 2.75) is 13.0 Å². The third-order valence-electron chi connectivity index (χ3n) is 5.18. The second-order valence-corrected chi connectivity index (χ2v) is 7.65. The molecule has 0 spiro atoms. The molecule has 0 saturated heterocycles. The van der Waals surface area contributed by atoms with E-state index in [0.717, 1.165) is 0 Å². The molecule has 0 fully saturated rings. The summed E-state index contributed by atoms with van der Waals surface area (Å²) in [4.78, 5) is 37.2. The van der Waals surface area contributed by atoms with E-state index in [9.17, 15) is 19.5 Å². The quantitative estimate of drug-likeness (QED) is 0.365. The maximum Gasteiger partial charge on any atom is 0.337 e. The molecule has 0 aromatic heterocycles. The Morgan fingerprint density at radius 1 is 0.970 bits per heavy atom. The fraction of sp³-hybridized carbons (Fsp3) is 0.115. The fourth-order valence-corrected chi connectivity index (χ4v) is 3.88. The highest BCUT2D eigenvalue weighted by atomic mass is 35.5. The van der Waals surface area contributed by atoms with Crippen LogP contribution in [0.25, 0.3) is 0 Å². The molecule has 3 aromatic rings. The lowest BCUT2D eigenvalue weighted by Gasteiger charge is -2.20. The lowest BCUT2D eigenvalue weighted by Crippen LogP contribution is -2.11. The highest BCUT2D eigenvalue weighted by Gasteiger charge is 2.34. The van der Waals surface area contributed by atoms with Crippen molar-refractivity contribution in [2.75, 3.05) is 6.61 Å². The first-order chi connectivity index (χ1) is 15.9. The number of hydrogen-bond acceptors (Lipinski definition) is 5. The molecule has 0 amide bonds. The molecule has 7 heteroatoms. The fourth-order valence-electron chi connectivity index (χ4n) is 3.61. The van der Waals surface area contributed by atoms with Crippen LogP contribution in [0.4, 0.5) is 0 Å². The zero-order valence-electron chi connectivity index (χ0n) is 17.6. The number of aromatic carboxylic acids is 1. The Kier molecular flexibility index (Phi) is 6.29. The average molecular weight is 463 g/mol. The number of para-hydroxylation sites is 2. The minimum Gasteiger partial charge on any atom is -0.490 e. The molecule has 0 heterocycles. The standard InChI is InChI=1S/C26H19ClO6/c1-2-32-21-9-5-6-10-22(21)33-23(15-11-12-18(26(30)31)20(27)13-15)14-19-24(28)16-7-3-4-8-17(16)25(19)29/h3-14,23H,2H2,1H3,(H,30,31). The summed E-state index contributed by atoms with van der Waals surface area (Å²) in [6.07, 6.45) is 0.531. The summed E-state index contributed by atoms with van der Waals surface area (Å²) in [6.45, 7) is 2.26. The number of carboxylic acid groups (broad SMARTS) is 1. The van der Waals surface area contributed by atoms with Crippen LogP contribution in [0, 0.1) is 0 Å². The summed E-state index contributed by atoms with van der Waals surface area (Å²) in [5.74, 6) is -1.06. The van der Waals surface area contributed by atoms with E-state index in [2.05, 4.69) is 0 Å². The van der Waals surface area contributed by atoms with Crippen molar-refractivity contribution in [3.05, 3.63) is 106 Å². The average Bonchev–Trinajstić information content (AvgIpc) is 3.04. The molecule has 0 aliphatic heterocycles. The van der Waals surface area contributed by atoms with Crippen LogP contribution in [0.3, 0.4) is 0 Å². The number of carbonyl (C=O) groups is 3. The van der Waals surface area contributed by atoms with E-state index in [-0.39, 0.29) is 16.2 Å². The Morgan fingerprint density at radius 3 is 2.15 bits per heavy atom. The lowest BCUT2D eigenvalue weighted by atomic mass is 10.0.